The van der Waals surface area contributed by atoms with Crippen LogP contribution >= 0.6 is 0 Å². The van der Waals surface area contributed by atoms with E-state index in [1.54, 1.807) is 12.1 Å². The van der Waals surface area contributed by atoms with Crippen LogP contribution < -0.4 is 10.1 Å². The van der Waals surface area contributed by atoms with Crippen LogP contribution in [-0.2, 0) is 11.3 Å². The van der Waals surface area contributed by atoms with Crippen molar-refractivity contribution in [3.05, 3.63) is 29.3 Å². The molecule has 0 unspecified atom stereocenters. The van der Waals surface area contributed by atoms with Gasteiger partial charge in [0.25, 0.3) is 0 Å². The van der Waals surface area contributed by atoms with Crippen molar-refractivity contribution in [3.8, 4) is 5.75 Å². The Bertz CT molecular complexity index is 580. The van der Waals surface area contributed by atoms with Gasteiger partial charge in [-0.05, 0) is 48.8 Å². The fraction of sp³-hybridized carbons (Fsp3) is 0.500. The minimum absolute atomic E-state index is 0.119. The number of amides is 1. The minimum Gasteiger partial charge on any atom is -0.496 e. The quantitative estimate of drug-likeness (QED) is 0.840. The standard InChI is InChI=1S/C16H19NO4/c1-21-14-6-9(2-5-11(14)16(19)20)8-17-15(18)13-7-12(13)10-3-4-10/h2,5-6,10,12-13H,3-4,7-8H2,1H3,(H,17,18)(H,19,20)/t12-,13-/m1/s1. The average molecular weight is 289 g/mol. The fourth-order valence-electron chi connectivity index (χ4n) is 2.90. The van der Waals surface area contributed by atoms with Gasteiger partial charge in [-0.2, -0.15) is 0 Å². The molecule has 2 atom stereocenters. The second-order valence-electron chi connectivity index (χ2n) is 5.90. The zero-order valence-electron chi connectivity index (χ0n) is 12.0. The molecule has 0 radical (unpaired) electrons. The Hall–Kier alpha value is -2.04. The maximum absolute atomic E-state index is 12.0. The predicted molar refractivity (Wildman–Crippen MR) is 76.1 cm³/mol. The van der Waals surface area contributed by atoms with Crippen LogP contribution in [0.1, 0.15) is 35.2 Å². The van der Waals surface area contributed by atoms with Crippen LogP contribution in [0, 0.1) is 17.8 Å². The van der Waals surface area contributed by atoms with Crippen molar-refractivity contribution in [1.82, 2.24) is 5.32 Å². The molecule has 5 nitrogen and oxygen atoms in total. The summed E-state index contributed by atoms with van der Waals surface area (Å²) >= 11 is 0. The molecule has 0 spiro atoms. The topological polar surface area (TPSA) is 75.6 Å². The lowest BCUT2D eigenvalue weighted by molar-refractivity contribution is -0.122. The van der Waals surface area contributed by atoms with Crippen LogP contribution in [0.5, 0.6) is 5.75 Å². The molecule has 1 aromatic carbocycles. The van der Waals surface area contributed by atoms with Crippen LogP contribution in [-0.4, -0.2) is 24.1 Å². The molecule has 2 N–H and O–H groups in total. The average Bonchev–Trinajstić information content (AvgIpc) is 3.35. The molecule has 21 heavy (non-hydrogen) atoms. The Morgan fingerprint density at radius 2 is 2.14 bits per heavy atom. The van der Waals surface area contributed by atoms with Gasteiger partial charge in [-0.15, -0.1) is 0 Å². The third-order valence-corrected chi connectivity index (χ3v) is 4.37. The van der Waals surface area contributed by atoms with Crippen molar-refractivity contribution in [3.63, 3.8) is 0 Å². The SMILES string of the molecule is COc1cc(CNC(=O)[C@@H]2C[C@@H]2C2CC2)ccc1C(=O)O. The van der Waals surface area contributed by atoms with Gasteiger partial charge in [0.05, 0.1) is 7.11 Å². The third-order valence-electron chi connectivity index (χ3n) is 4.37. The summed E-state index contributed by atoms with van der Waals surface area (Å²) in [4.78, 5) is 23.0. The van der Waals surface area contributed by atoms with Crippen LogP contribution in [0.4, 0.5) is 0 Å². The molecule has 2 saturated carbocycles. The lowest BCUT2D eigenvalue weighted by Crippen LogP contribution is -2.25. The maximum atomic E-state index is 12.0. The first-order valence-electron chi connectivity index (χ1n) is 7.28. The molecule has 2 aliphatic rings. The van der Waals surface area contributed by atoms with Crippen molar-refractivity contribution < 1.29 is 19.4 Å². The molecular weight excluding hydrogens is 270 g/mol. The molecule has 0 bridgehead atoms. The summed E-state index contributed by atoms with van der Waals surface area (Å²) in [6.45, 7) is 0.406. The van der Waals surface area contributed by atoms with E-state index in [1.165, 1.54) is 26.0 Å². The molecule has 0 aromatic heterocycles. The number of carbonyl (C=O) groups is 2. The van der Waals surface area contributed by atoms with Crippen molar-refractivity contribution in [2.24, 2.45) is 17.8 Å². The smallest absolute Gasteiger partial charge is 0.339 e. The molecule has 3 rings (SSSR count). The second-order valence-corrected chi connectivity index (χ2v) is 5.90. The Labute approximate surface area is 123 Å². The molecule has 0 aliphatic heterocycles. The van der Waals surface area contributed by atoms with E-state index in [1.807, 2.05) is 0 Å². The van der Waals surface area contributed by atoms with E-state index in [0.29, 0.717) is 18.2 Å². The summed E-state index contributed by atoms with van der Waals surface area (Å²) in [7, 11) is 1.44. The zero-order chi connectivity index (χ0) is 15.0. The van der Waals surface area contributed by atoms with E-state index in [2.05, 4.69) is 5.32 Å². The molecule has 0 saturated heterocycles. The first-order chi connectivity index (χ1) is 10.1. The Morgan fingerprint density at radius 1 is 1.38 bits per heavy atom. The molecule has 2 fully saturated rings. The van der Waals surface area contributed by atoms with Gasteiger partial charge in [0.2, 0.25) is 5.91 Å². The summed E-state index contributed by atoms with van der Waals surface area (Å²) in [6, 6.07) is 4.87. The van der Waals surface area contributed by atoms with Crippen LogP contribution in [0.15, 0.2) is 18.2 Å². The monoisotopic (exact) mass is 289 g/mol. The van der Waals surface area contributed by atoms with Gasteiger partial charge in [0.15, 0.2) is 0 Å². The number of aromatic carboxylic acids is 1. The van der Waals surface area contributed by atoms with Crippen molar-refractivity contribution in [1.29, 1.82) is 0 Å². The number of ether oxygens (including phenoxy) is 1. The van der Waals surface area contributed by atoms with Crippen molar-refractivity contribution >= 4 is 11.9 Å². The summed E-state index contributed by atoms with van der Waals surface area (Å²) in [5.74, 6) is 1.000. The lowest BCUT2D eigenvalue weighted by atomic mass is 10.1. The van der Waals surface area contributed by atoms with Gasteiger partial charge in [-0.1, -0.05) is 6.07 Å². The summed E-state index contributed by atoms with van der Waals surface area (Å²) in [6.07, 6.45) is 3.59. The largest absolute Gasteiger partial charge is 0.496 e. The zero-order valence-corrected chi connectivity index (χ0v) is 12.0. The molecule has 2 aliphatic carbocycles. The molecule has 5 heteroatoms. The number of benzene rings is 1. The minimum atomic E-state index is -1.02. The van der Waals surface area contributed by atoms with Crippen LogP contribution in [0.2, 0.25) is 0 Å². The number of carbonyl (C=O) groups excluding carboxylic acids is 1. The van der Waals surface area contributed by atoms with E-state index >= 15 is 0 Å². The predicted octanol–water partition coefficient (Wildman–Crippen LogP) is 2.06. The highest BCUT2D eigenvalue weighted by Gasteiger charge is 2.50. The van der Waals surface area contributed by atoms with E-state index in [0.717, 1.165) is 17.9 Å². The van der Waals surface area contributed by atoms with Gasteiger partial charge >= 0.3 is 5.97 Å². The highest BCUT2D eigenvalue weighted by molar-refractivity contribution is 5.91. The number of carboxylic acid groups (broad SMARTS) is 1. The van der Waals surface area contributed by atoms with Gasteiger partial charge < -0.3 is 15.2 Å². The maximum Gasteiger partial charge on any atom is 0.339 e. The Balaban J connectivity index is 1.57. The van der Waals surface area contributed by atoms with Gasteiger partial charge in [0, 0.05) is 12.5 Å². The number of hydrogen-bond acceptors (Lipinski definition) is 3. The Kier molecular flexibility index (Phi) is 3.57. The molecule has 112 valence electrons. The van der Waals surface area contributed by atoms with Crippen LogP contribution in [0.3, 0.4) is 0 Å². The Morgan fingerprint density at radius 3 is 2.76 bits per heavy atom. The highest BCUT2D eigenvalue weighted by atomic mass is 16.5. The van der Waals surface area contributed by atoms with E-state index in [-0.39, 0.29) is 17.4 Å². The summed E-state index contributed by atoms with van der Waals surface area (Å²) < 4.78 is 5.08. The van der Waals surface area contributed by atoms with Gasteiger partial charge in [0.1, 0.15) is 11.3 Å². The lowest BCUT2D eigenvalue weighted by Gasteiger charge is -2.09. The number of hydrogen-bond donors (Lipinski definition) is 2. The van der Waals surface area contributed by atoms with Gasteiger partial charge in [-0.3, -0.25) is 4.79 Å². The van der Waals surface area contributed by atoms with E-state index < -0.39 is 5.97 Å². The van der Waals surface area contributed by atoms with E-state index in [9.17, 15) is 9.59 Å². The molecule has 1 aromatic rings. The fourth-order valence-corrected chi connectivity index (χ4v) is 2.90. The molecular formula is C16H19NO4. The first kappa shape index (κ1) is 13.9. The number of nitrogens with one attached hydrogen (secondary N) is 1. The summed E-state index contributed by atoms with van der Waals surface area (Å²) in [5.41, 5.74) is 0.970. The van der Waals surface area contributed by atoms with Gasteiger partial charge in [-0.25, -0.2) is 4.79 Å². The number of carboxylic acids is 1. The second kappa shape index (κ2) is 5.39. The first-order valence-corrected chi connectivity index (χ1v) is 7.28. The highest BCUT2D eigenvalue weighted by Crippen LogP contribution is 2.54. The van der Waals surface area contributed by atoms with E-state index in [4.69, 9.17) is 9.84 Å². The third kappa shape index (κ3) is 3.01. The normalized spacial score (nSPS) is 23.5. The van der Waals surface area contributed by atoms with Crippen molar-refractivity contribution in [2.75, 3.05) is 7.11 Å². The molecule has 1 amide bonds. The van der Waals surface area contributed by atoms with Crippen molar-refractivity contribution in [2.45, 2.75) is 25.8 Å². The number of methoxy groups -OCH3 is 1. The molecule has 0 heterocycles. The summed E-state index contributed by atoms with van der Waals surface area (Å²) in [5, 5.41) is 12.0. The number of rotatable bonds is 6. The van der Waals surface area contributed by atoms with Crippen LogP contribution in [0.25, 0.3) is 0 Å².